The van der Waals surface area contributed by atoms with Crippen molar-refractivity contribution in [3.8, 4) is 5.75 Å². The van der Waals surface area contributed by atoms with Crippen LogP contribution in [-0.2, 0) is 9.53 Å². The van der Waals surface area contributed by atoms with Crippen LogP contribution < -0.4 is 15.4 Å². The Balaban J connectivity index is 1.52. The molecule has 1 aromatic rings. The van der Waals surface area contributed by atoms with E-state index in [0.29, 0.717) is 28.4 Å². The second-order valence-corrected chi connectivity index (χ2v) is 8.82. The van der Waals surface area contributed by atoms with Gasteiger partial charge in [0.05, 0.1) is 35.5 Å². The second kappa shape index (κ2) is 11.7. The van der Waals surface area contributed by atoms with E-state index in [1.807, 2.05) is 4.90 Å². The van der Waals surface area contributed by atoms with E-state index < -0.39 is 0 Å². The Morgan fingerprint density at radius 1 is 1.19 bits per heavy atom. The Morgan fingerprint density at radius 3 is 2.59 bits per heavy atom. The molecule has 2 saturated heterocycles. The molecule has 3 rings (SSSR count). The Morgan fingerprint density at radius 2 is 1.94 bits per heavy atom. The molecule has 2 N–H and O–H groups in total. The van der Waals surface area contributed by atoms with Gasteiger partial charge >= 0.3 is 0 Å². The molecule has 0 aromatic heterocycles. The zero-order chi connectivity index (χ0) is 23.1. The molecule has 32 heavy (non-hydrogen) atoms. The van der Waals surface area contributed by atoms with Crippen LogP contribution in [0.3, 0.4) is 0 Å². The van der Waals surface area contributed by atoms with Gasteiger partial charge in [0.1, 0.15) is 5.75 Å². The lowest BCUT2D eigenvalue weighted by atomic mass is 10.0. The third-order valence-electron chi connectivity index (χ3n) is 6.39. The van der Waals surface area contributed by atoms with Crippen molar-refractivity contribution in [3.05, 3.63) is 22.7 Å². The van der Waals surface area contributed by atoms with Crippen molar-refractivity contribution < 1.29 is 19.1 Å². The number of hydrogen-bond donors (Lipinski definition) is 2. The number of likely N-dealkylation sites (tertiary alicyclic amines) is 2. The molecule has 0 bridgehead atoms. The minimum Gasteiger partial charge on any atom is -0.496 e. The number of carbonyl (C=O) groups is 2. The summed E-state index contributed by atoms with van der Waals surface area (Å²) in [5.41, 5.74) is 1.10. The summed E-state index contributed by atoms with van der Waals surface area (Å²) < 4.78 is 11.1. The van der Waals surface area contributed by atoms with E-state index in [0.717, 1.165) is 58.4 Å². The number of rotatable bonds is 9. The second-order valence-electron chi connectivity index (χ2n) is 8.42. The summed E-state index contributed by atoms with van der Waals surface area (Å²) in [5.74, 6) is 0.498. The van der Waals surface area contributed by atoms with E-state index in [1.165, 1.54) is 7.11 Å². The molecule has 0 saturated carbocycles. The van der Waals surface area contributed by atoms with Crippen LogP contribution in [0.2, 0.25) is 5.02 Å². The van der Waals surface area contributed by atoms with Crippen LogP contribution in [0.15, 0.2) is 12.1 Å². The molecular formula is C23H35ClN4O4. The van der Waals surface area contributed by atoms with Crippen LogP contribution in [0.1, 0.15) is 42.5 Å². The van der Waals surface area contributed by atoms with E-state index in [2.05, 4.69) is 15.5 Å². The van der Waals surface area contributed by atoms with Crippen molar-refractivity contribution in [1.82, 2.24) is 15.1 Å². The topological polar surface area (TPSA) is 83.1 Å². The van der Waals surface area contributed by atoms with Crippen LogP contribution in [0, 0.1) is 0 Å². The summed E-state index contributed by atoms with van der Waals surface area (Å²) in [6.45, 7) is 4.23. The lowest BCUT2D eigenvalue weighted by Gasteiger charge is -2.38. The molecule has 1 aromatic carbocycles. The first-order chi connectivity index (χ1) is 15.5. The minimum atomic E-state index is -0.233. The monoisotopic (exact) mass is 466 g/mol. The molecule has 2 atom stereocenters. The lowest BCUT2D eigenvalue weighted by Crippen LogP contribution is -2.55. The van der Waals surface area contributed by atoms with Gasteiger partial charge in [0.2, 0.25) is 5.91 Å². The maximum atomic E-state index is 13.0. The number of carbonyl (C=O) groups excluding carboxylic acids is 2. The largest absolute Gasteiger partial charge is 0.496 e. The fraction of sp³-hybridized carbons (Fsp3) is 0.652. The summed E-state index contributed by atoms with van der Waals surface area (Å²) in [6.07, 6.45) is 4.33. The number of amides is 2. The van der Waals surface area contributed by atoms with Gasteiger partial charge in [0, 0.05) is 52.8 Å². The number of nitrogens with one attached hydrogen (secondary N) is 2. The van der Waals surface area contributed by atoms with Gasteiger partial charge in [-0.2, -0.15) is 0 Å². The summed E-state index contributed by atoms with van der Waals surface area (Å²) in [4.78, 5) is 29.5. The highest BCUT2D eigenvalue weighted by Gasteiger charge is 2.31. The van der Waals surface area contributed by atoms with Crippen LogP contribution in [0.5, 0.6) is 5.75 Å². The van der Waals surface area contributed by atoms with Gasteiger partial charge in [0.25, 0.3) is 5.91 Å². The Kier molecular flexibility index (Phi) is 9.02. The third-order valence-corrected chi connectivity index (χ3v) is 6.70. The number of methoxy groups -OCH3 is 2. The number of nitrogens with zero attached hydrogens (tertiary/aromatic N) is 2. The first-order valence-corrected chi connectivity index (χ1v) is 11.7. The fourth-order valence-corrected chi connectivity index (χ4v) is 4.76. The molecule has 0 aliphatic carbocycles. The van der Waals surface area contributed by atoms with Gasteiger partial charge in [0.15, 0.2) is 0 Å². The van der Waals surface area contributed by atoms with Crippen LogP contribution in [0.4, 0.5) is 5.69 Å². The molecular weight excluding hydrogens is 432 g/mol. The first kappa shape index (κ1) is 24.6. The smallest absolute Gasteiger partial charge is 0.255 e. The van der Waals surface area contributed by atoms with Gasteiger partial charge in [-0.05, 0) is 38.3 Å². The molecule has 9 heteroatoms. The van der Waals surface area contributed by atoms with Crippen molar-refractivity contribution >= 4 is 29.1 Å². The van der Waals surface area contributed by atoms with E-state index in [-0.39, 0.29) is 24.0 Å². The Labute approximate surface area is 195 Å². The maximum absolute atomic E-state index is 13.0. The molecule has 2 amide bonds. The molecule has 2 aliphatic heterocycles. The van der Waals surface area contributed by atoms with E-state index >= 15 is 0 Å². The zero-order valence-electron chi connectivity index (χ0n) is 19.3. The minimum absolute atomic E-state index is 0.109. The number of ether oxygens (including phenoxy) is 2. The quantitative estimate of drug-likeness (QED) is 0.582. The van der Waals surface area contributed by atoms with Crippen molar-refractivity contribution in [2.75, 3.05) is 59.3 Å². The summed E-state index contributed by atoms with van der Waals surface area (Å²) >= 11 is 6.28. The molecule has 8 nitrogen and oxygen atoms in total. The maximum Gasteiger partial charge on any atom is 0.255 e. The highest BCUT2D eigenvalue weighted by molar-refractivity contribution is 6.33. The van der Waals surface area contributed by atoms with Gasteiger partial charge in [-0.3, -0.25) is 9.59 Å². The third kappa shape index (κ3) is 6.05. The predicted octanol–water partition coefficient (Wildman–Crippen LogP) is 2.61. The Bertz CT molecular complexity index is 800. The normalized spacial score (nSPS) is 21.4. The van der Waals surface area contributed by atoms with E-state index in [9.17, 15) is 9.59 Å². The van der Waals surface area contributed by atoms with Gasteiger partial charge in [-0.25, -0.2) is 0 Å². The van der Waals surface area contributed by atoms with Crippen LogP contribution in [-0.4, -0.2) is 87.8 Å². The molecule has 0 radical (unpaired) electrons. The zero-order valence-corrected chi connectivity index (χ0v) is 20.0. The molecule has 2 fully saturated rings. The Hall–Kier alpha value is -2.03. The van der Waals surface area contributed by atoms with Gasteiger partial charge < -0.3 is 29.9 Å². The molecule has 0 spiro atoms. The molecule has 2 aliphatic rings. The molecule has 2 heterocycles. The summed E-state index contributed by atoms with van der Waals surface area (Å²) in [5, 5.41) is 6.54. The number of anilines is 1. The number of hydrogen-bond acceptors (Lipinski definition) is 6. The number of piperidine rings is 1. The molecule has 0 unspecified atom stereocenters. The first-order valence-electron chi connectivity index (χ1n) is 11.4. The summed E-state index contributed by atoms with van der Waals surface area (Å²) in [7, 11) is 4.97. The average molecular weight is 467 g/mol. The van der Waals surface area contributed by atoms with Gasteiger partial charge in [-0.15, -0.1) is 0 Å². The van der Waals surface area contributed by atoms with Crippen molar-refractivity contribution in [3.63, 3.8) is 0 Å². The van der Waals surface area contributed by atoms with Crippen molar-refractivity contribution in [2.45, 2.75) is 44.2 Å². The van der Waals surface area contributed by atoms with Crippen molar-refractivity contribution in [2.24, 2.45) is 0 Å². The van der Waals surface area contributed by atoms with E-state index in [1.54, 1.807) is 26.3 Å². The molecule has 178 valence electrons. The SMILES string of the molecule is CNc1cc(OC)c(C(=O)N[C@H]2CCN(CCCC(=O)N3CCCC3)C[C@H]2OC)cc1Cl. The standard InChI is InChI=1S/C23H35ClN4O4/c1-25-19-14-20(31-2)16(13-17(19)24)23(30)26-18-8-12-27(15-21(18)32-3)9-6-7-22(29)28-10-4-5-11-28/h13-14,18,21,25H,4-12,15H2,1-3H3,(H,26,30)/t18-,21+/m0/s1. The number of benzene rings is 1. The lowest BCUT2D eigenvalue weighted by molar-refractivity contribution is -0.130. The van der Waals surface area contributed by atoms with Gasteiger partial charge in [-0.1, -0.05) is 11.6 Å². The summed E-state index contributed by atoms with van der Waals surface area (Å²) in [6, 6.07) is 3.23. The van der Waals surface area contributed by atoms with Crippen LogP contribution >= 0.6 is 11.6 Å². The highest BCUT2D eigenvalue weighted by Crippen LogP contribution is 2.31. The van der Waals surface area contributed by atoms with E-state index in [4.69, 9.17) is 21.1 Å². The average Bonchev–Trinajstić information content (AvgIpc) is 3.34. The highest BCUT2D eigenvalue weighted by atomic mass is 35.5. The van der Waals surface area contributed by atoms with Crippen LogP contribution in [0.25, 0.3) is 0 Å². The predicted molar refractivity (Wildman–Crippen MR) is 126 cm³/mol. The fourth-order valence-electron chi connectivity index (χ4n) is 4.50. The van der Waals surface area contributed by atoms with Crippen molar-refractivity contribution in [1.29, 1.82) is 0 Å². The number of halogens is 1.